The van der Waals surface area contributed by atoms with Crippen LogP contribution in [0.15, 0.2) is 12.4 Å². The highest BCUT2D eigenvalue weighted by molar-refractivity contribution is 5.49. The number of piperazine rings is 1. The Hall–Kier alpha value is -2.18. The molecule has 6 nitrogen and oxygen atoms in total. The third kappa shape index (κ3) is 2.49. The van der Waals surface area contributed by atoms with Crippen LogP contribution in [-0.4, -0.2) is 47.6 Å². The maximum absolute atomic E-state index is 8.95. The van der Waals surface area contributed by atoms with Gasteiger partial charge in [-0.1, -0.05) is 0 Å². The highest BCUT2D eigenvalue weighted by Crippen LogP contribution is 2.15. The lowest BCUT2D eigenvalue weighted by atomic mass is 10.3. The summed E-state index contributed by atoms with van der Waals surface area (Å²) in [5.41, 5.74) is 0.362. The number of rotatable bonds is 2. The van der Waals surface area contributed by atoms with Gasteiger partial charge in [0.1, 0.15) is 6.07 Å². The van der Waals surface area contributed by atoms with Crippen LogP contribution in [0.25, 0.3) is 0 Å². The van der Waals surface area contributed by atoms with E-state index >= 15 is 0 Å². The van der Waals surface area contributed by atoms with Gasteiger partial charge < -0.3 is 4.90 Å². The Morgan fingerprint density at radius 2 is 1.82 bits per heavy atom. The van der Waals surface area contributed by atoms with Crippen LogP contribution in [0.4, 0.5) is 5.82 Å². The molecule has 0 atom stereocenters. The molecular formula is C11H12N6. The molecule has 0 aromatic carbocycles. The molecule has 0 radical (unpaired) electrons. The molecule has 1 aliphatic rings. The standard InChI is InChI=1S/C11H12N6/c12-1-4-16-5-7-17(8-6-16)11-10(9-13)14-2-3-15-11/h2-3H,4-8H2. The van der Waals surface area contributed by atoms with Gasteiger partial charge >= 0.3 is 0 Å². The third-order valence-corrected chi connectivity index (χ3v) is 2.75. The van der Waals surface area contributed by atoms with E-state index in [9.17, 15) is 0 Å². The molecule has 0 saturated carbocycles. The van der Waals surface area contributed by atoms with Gasteiger partial charge in [0.05, 0.1) is 12.6 Å². The molecule has 0 unspecified atom stereocenters. The van der Waals surface area contributed by atoms with E-state index in [1.165, 1.54) is 6.20 Å². The summed E-state index contributed by atoms with van der Waals surface area (Å²) in [6, 6.07) is 4.19. The summed E-state index contributed by atoms with van der Waals surface area (Å²) in [7, 11) is 0. The Morgan fingerprint density at radius 3 is 2.47 bits per heavy atom. The largest absolute Gasteiger partial charge is 0.352 e. The summed E-state index contributed by atoms with van der Waals surface area (Å²) in [5, 5.41) is 17.6. The zero-order valence-corrected chi connectivity index (χ0v) is 9.37. The van der Waals surface area contributed by atoms with Gasteiger partial charge in [-0.15, -0.1) is 0 Å². The fourth-order valence-electron chi connectivity index (χ4n) is 1.86. The van der Waals surface area contributed by atoms with Crippen LogP contribution in [-0.2, 0) is 0 Å². The Balaban J connectivity index is 2.06. The number of hydrogen-bond donors (Lipinski definition) is 0. The van der Waals surface area contributed by atoms with Crippen molar-refractivity contribution in [3.63, 3.8) is 0 Å². The molecule has 1 saturated heterocycles. The molecule has 2 rings (SSSR count). The minimum Gasteiger partial charge on any atom is -0.352 e. The molecule has 1 aromatic rings. The summed E-state index contributed by atoms with van der Waals surface area (Å²) in [5.74, 6) is 0.645. The highest BCUT2D eigenvalue weighted by atomic mass is 15.3. The maximum Gasteiger partial charge on any atom is 0.183 e. The Kier molecular flexibility index (Phi) is 3.49. The second-order valence-corrected chi connectivity index (χ2v) is 3.76. The zero-order chi connectivity index (χ0) is 12.1. The van der Waals surface area contributed by atoms with Crippen LogP contribution in [0.1, 0.15) is 5.69 Å². The van der Waals surface area contributed by atoms with Crippen LogP contribution in [0, 0.1) is 22.7 Å². The van der Waals surface area contributed by atoms with Crippen molar-refractivity contribution in [1.29, 1.82) is 10.5 Å². The molecule has 2 heterocycles. The first kappa shape index (κ1) is 11.3. The average Bonchev–Trinajstić information content (AvgIpc) is 2.40. The van der Waals surface area contributed by atoms with E-state index < -0.39 is 0 Å². The molecule has 86 valence electrons. The van der Waals surface area contributed by atoms with Crippen molar-refractivity contribution in [2.24, 2.45) is 0 Å². The summed E-state index contributed by atoms with van der Waals surface area (Å²) >= 11 is 0. The van der Waals surface area contributed by atoms with Crippen molar-refractivity contribution < 1.29 is 0 Å². The van der Waals surface area contributed by atoms with E-state index in [4.69, 9.17) is 10.5 Å². The second kappa shape index (κ2) is 5.24. The van der Waals surface area contributed by atoms with Gasteiger partial charge in [-0.2, -0.15) is 10.5 Å². The van der Waals surface area contributed by atoms with Gasteiger partial charge in [-0.05, 0) is 0 Å². The van der Waals surface area contributed by atoms with Crippen LogP contribution < -0.4 is 4.90 Å². The van der Waals surface area contributed by atoms with Crippen LogP contribution in [0.5, 0.6) is 0 Å². The third-order valence-electron chi connectivity index (χ3n) is 2.75. The van der Waals surface area contributed by atoms with Gasteiger partial charge in [-0.25, -0.2) is 9.97 Å². The Morgan fingerprint density at radius 1 is 1.12 bits per heavy atom. The minimum absolute atomic E-state index is 0.362. The van der Waals surface area contributed by atoms with Crippen molar-refractivity contribution >= 4 is 5.82 Å². The second-order valence-electron chi connectivity index (χ2n) is 3.76. The van der Waals surface area contributed by atoms with Crippen molar-refractivity contribution in [3.05, 3.63) is 18.1 Å². The maximum atomic E-state index is 8.95. The van der Waals surface area contributed by atoms with E-state index in [2.05, 4.69) is 20.9 Å². The molecule has 6 heteroatoms. The van der Waals surface area contributed by atoms with E-state index in [-0.39, 0.29) is 0 Å². The highest BCUT2D eigenvalue weighted by Gasteiger charge is 2.20. The molecule has 17 heavy (non-hydrogen) atoms. The van der Waals surface area contributed by atoms with Crippen molar-refractivity contribution in [2.45, 2.75) is 0 Å². The van der Waals surface area contributed by atoms with Crippen molar-refractivity contribution in [2.75, 3.05) is 37.6 Å². The smallest absolute Gasteiger partial charge is 0.183 e. The summed E-state index contributed by atoms with van der Waals surface area (Å²) in [6.45, 7) is 3.63. The summed E-state index contributed by atoms with van der Waals surface area (Å²) in [4.78, 5) is 12.3. The molecule has 0 aliphatic carbocycles. The lowest BCUT2D eigenvalue weighted by molar-refractivity contribution is 0.286. The summed E-state index contributed by atoms with van der Waals surface area (Å²) in [6.07, 6.45) is 3.12. The first-order valence-electron chi connectivity index (χ1n) is 5.40. The predicted octanol–water partition coefficient (Wildman–Crippen LogP) is -0.00614. The lowest BCUT2D eigenvalue weighted by Gasteiger charge is -2.34. The number of hydrogen-bond acceptors (Lipinski definition) is 6. The predicted molar refractivity (Wildman–Crippen MR) is 61.0 cm³/mol. The first-order chi connectivity index (χ1) is 8.35. The molecule has 0 amide bonds. The Bertz CT molecular complexity index is 464. The molecule has 0 bridgehead atoms. The van der Waals surface area contributed by atoms with Crippen LogP contribution in [0.2, 0.25) is 0 Å². The van der Waals surface area contributed by atoms with Gasteiger partial charge in [-0.3, -0.25) is 4.90 Å². The number of nitriles is 2. The van der Waals surface area contributed by atoms with Gasteiger partial charge in [0.2, 0.25) is 0 Å². The van der Waals surface area contributed by atoms with E-state index in [0.717, 1.165) is 26.2 Å². The number of anilines is 1. The first-order valence-corrected chi connectivity index (χ1v) is 5.40. The lowest BCUT2D eigenvalue weighted by Crippen LogP contribution is -2.47. The molecular weight excluding hydrogens is 216 g/mol. The quantitative estimate of drug-likeness (QED) is 0.662. The average molecular weight is 228 g/mol. The van der Waals surface area contributed by atoms with Gasteiger partial charge in [0.15, 0.2) is 11.5 Å². The molecule has 1 aliphatic heterocycles. The van der Waals surface area contributed by atoms with Crippen LogP contribution in [0.3, 0.4) is 0 Å². The minimum atomic E-state index is 0.362. The van der Waals surface area contributed by atoms with Gasteiger partial charge in [0.25, 0.3) is 0 Å². The summed E-state index contributed by atoms with van der Waals surface area (Å²) < 4.78 is 0. The molecule has 0 spiro atoms. The van der Waals surface area contributed by atoms with Gasteiger partial charge in [0, 0.05) is 38.6 Å². The number of nitrogens with zero attached hydrogens (tertiary/aromatic N) is 6. The fourth-order valence-corrected chi connectivity index (χ4v) is 1.86. The van der Waals surface area contributed by atoms with Crippen LogP contribution >= 0.6 is 0 Å². The van der Waals surface area contributed by atoms with E-state index in [1.54, 1.807) is 6.20 Å². The molecule has 1 aromatic heterocycles. The topological polar surface area (TPSA) is 79.8 Å². The molecule has 0 N–H and O–H groups in total. The zero-order valence-electron chi connectivity index (χ0n) is 9.37. The Labute approximate surface area is 99.7 Å². The van der Waals surface area contributed by atoms with Crippen molar-refractivity contribution in [1.82, 2.24) is 14.9 Å². The normalized spacial score (nSPS) is 16.2. The van der Waals surface area contributed by atoms with Crippen molar-refractivity contribution in [3.8, 4) is 12.1 Å². The fraction of sp³-hybridized carbons (Fsp3) is 0.455. The van der Waals surface area contributed by atoms with E-state index in [1.807, 2.05) is 11.0 Å². The number of aromatic nitrogens is 2. The van der Waals surface area contributed by atoms with E-state index in [0.29, 0.717) is 18.1 Å². The molecule has 1 fully saturated rings. The monoisotopic (exact) mass is 228 g/mol. The SMILES string of the molecule is N#CCN1CCN(c2nccnc2C#N)CC1.